The summed E-state index contributed by atoms with van der Waals surface area (Å²) in [5.74, 6) is 1.92. The summed E-state index contributed by atoms with van der Waals surface area (Å²) >= 11 is 1.42. The predicted molar refractivity (Wildman–Crippen MR) is 65.7 cm³/mol. The van der Waals surface area contributed by atoms with E-state index in [0.717, 1.165) is 10.1 Å². The zero-order valence-electron chi connectivity index (χ0n) is 8.82. The molecular weight excluding hydrogens is 220 g/mol. The van der Waals surface area contributed by atoms with Crippen LogP contribution in [0.2, 0.25) is 0 Å². The fourth-order valence-electron chi connectivity index (χ4n) is 1.44. The Balaban J connectivity index is 2.33. The topological polar surface area (TPSA) is 26.3 Å². The normalized spacial score (nSPS) is 10.0. The van der Waals surface area contributed by atoms with E-state index in [0.29, 0.717) is 4.88 Å². The molecule has 0 fully saturated rings. The smallest absolute Gasteiger partial charge is 0.349 e. The van der Waals surface area contributed by atoms with Crippen molar-refractivity contribution in [1.82, 2.24) is 0 Å². The van der Waals surface area contributed by atoms with Crippen molar-refractivity contribution in [3.63, 3.8) is 0 Å². The number of rotatable bonds is 2. The number of benzene rings is 1. The number of carbonyl (C=O) groups is 1. The van der Waals surface area contributed by atoms with E-state index in [9.17, 15) is 4.79 Å². The van der Waals surface area contributed by atoms with Crippen molar-refractivity contribution in [3.8, 4) is 12.3 Å². The molecule has 1 aromatic heterocycles. The Morgan fingerprint density at radius 3 is 3.06 bits per heavy atom. The van der Waals surface area contributed by atoms with E-state index < -0.39 is 0 Å². The first-order valence-corrected chi connectivity index (χ1v) is 5.63. The van der Waals surface area contributed by atoms with Crippen molar-refractivity contribution in [3.05, 3.63) is 34.7 Å². The van der Waals surface area contributed by atoms with Crippen LogP contribution in [0.3, 0.4) is 0 Å². The van der Waals surface area contributed by atoms with Crippen LogP contribution in [0.15, 0.2) is 24.3 Å². The van der Waals surface area contributed by atoms with Crippen molar-refractivity contribution in [1.29, 1.82) is 0 Å². The van der Waals surface area contributed by atoms with Crippen LogP contribution in [0, 0.1) is 19.3 Å². The first-order valence-electron chi connectivity index (χ1n) is 4.81. The van der Waals surface area contributed by atoms with Crippen molar-refractivity contribution < 1.29 is 9.53 Å². The zero-order valence-corrected chi connectivity index (χ0v) is 9.64. The van der Waals surface area contributed by atoms with E-state index in [1.165, 1.54) is 16.9 Å². The maximum Gasteiger partial charge on any atom is 0.349 e. The average molecular weight is 230 g/mol. The summed E-state index contributed by atoms with van der Waals surface area (Å²) in [4.78, 5) is 12.1. The zero-order chi connectivity index (χ0) is 11.5. The molecule has 0 bridgehead atoms. The quantitative estimate of drug-likeness (QED) is 0.585. The van der Waals surface area contributed by atoms with Gasteiger partial charge in [-0.2, -0.15) is 0 Å². The molecule has 3 heteroatoms. The third kappa shape index (κ3) is 2.07. The van der Waals surface area contributed by atoms with Crippen molar-refractivity contribution in [2.45, 2.75) is 6.92 Å². The highest BCUT2D eigenvalue weighted by Gasteiger charge is 2.10. The van der Waals surface area contributed by atoms with Gasteiger partial charge in [0.25, 0.3) is 0 Å². The fraction of sp³-hybridized carbons (Fsp3) is 0.154. The van der Waals surface area contributed by atoms with Gasteiger partial charge in [0.1, 0.15) is 4.88 Å². The molecule has 0 aliphatic heterocycles. The Labute approximate surface area is 97.9 Å². The van der Waals surface area contributed by atoms with E-state index >= 15 is 0 Å². The molecule has 2 nitrogen and oxygen atoms in total. The van der Waals surface area contributed by atoms with Crippen LogP contribution in [0.5, 0.6) is 0 Å². The summed E-state index contributed by atoms with van der Waals surface area (Å²) in [6.07, 6.45) is 5.03. The van der Waals surface area contributed by atoms with Gasteiger partial charge >= 0.3 is 5.97 Å². The molecule has 2 aromatic rings. The minimum absolute atomic E-state index is 0.0199. The number of ether oxygens (including phenoxy) is 1. The molecule has 0 amide bonds. The lowest BCUT2D eigenvalue weighted by Crippen LogP contribution is -2.02. The molecule has 0 N–H and O–H groups in total. The van der Waals surface area contributed by atoms with Crippen molar-refractivity contribution >= 4 is 27.4 Å². The summed E-state index contributed by atoms with van der Waals surface area (Å²) in [7, 11) is 0. The standard InChI is InChI=1S/C13H10O2S/c1-3-6-15-13(14)12-8-10-7-9(2)4-5-11(10)16-12/h1,4-5,7-8H,6H2,2H3. The van der Waals surface area contributed by atoms with Gasteiger partial charge in [0.05, 0.1) is 0 Å². The molecule has 0 aliphatic carbocycles. The molecule has 0 unspecified atom stereocenters. The third-order valence-corrected chi connectivity index (χ3v) is 3.26. The Morgan fingerprint density at radius 1 is 1.50 bits per heavy atom. The van der Waals surface area contributed by atoms with Crippen LogP contribution in [0.25, 0.3) is 10.1 Å². The number of aryl methyl sites for hydroxylation is 1. The van der Waals surface area contributed by atoms with Gasteiger partial charge in [-0.05, 0) is 24.4 Å². The third-order valence-electron chi connectivity index (χ3n) is 2.16. The van der Waals surface area contributed by atoms with Crippen LogP contribution in [-0.4, -0.2) is 12.6 Å². The molecular formula is C13H10O2S. The second-order valence-corrected chi connectivity index (χ2v) is 4.52. The monoisotopic (exact) mass is 230 g/mol. The Bertz CT molecular complexity index is 575. The van der Waals surface area contributed by atoms with Crippen molar-refractivity contribution in [2.75, 3.05) is 6.61 Å². The molecule has 0 saturated carbocycles. The molecule has 0 radical (unpaired) electrons. The lowest BCUT2D eigenvalue weighted by atomic mass is 10.2. The van der Waals surface area contributed by atoms with Crippen LogP contribution >= 0.6 is 11.3 Å². The first-order chi connectivity index (χ1) is 7.70. The number of hydrogen-bond donors (Lipinski definition) is 0. The number of hydrogen-bond acceptors (Lipinski definition) is 3. The highest BCUT2D eigenvalue weighted by Crippen LogP contribution is 2.26. The molecule has 80 valence electrons. The largest absolute Gasteiger partial charge is 0.448 e. The maximum absolute atomic E-state index is 11.6. The summed E-state index contributed by atoms with van der Waals surface area (Å²) in [6.45, 7) is 2.04. The van der Waals surface area contributed by atoms with Gasteiger partial charge in [0.2, 0.25) is 0 Å². The van der Waals surface area contributed by atoms with Crippen LogP contribution in [0.1, 0.15) is 15.2 Å². The van der Waals surface area contributed by atoms with Crippen LogP contribution in [0.4, 0.5) is 0 Å². The highest BCUT2D eigenvalue weighted by molar-refractivity contribution is 7.20. The van der Waals surface area contributed by atoms with E-state index in [-0.39, 0.29) is 12.6 Å². The second-order valence-electron chi connectivity index (χ2n) is 3.43. The van der Waals surface area contributed by atoms with E-state index in [4.69, 9.17) is 11.2 Å². The van der Waals surface area contributed by atoms with E-state index in [1.807, 2.05) is 31.2 Å². The Kier molecular flexibility index (Phi) is 2.93. The van der Waals surface area contributed by atoms with Crippen LogP contribution in [-0.2, 0) is 4.74 Å². The Morgan fingerprint density at radius 2 is 2.31 bits per heavy atom. The van der Waals surface area contributed by atoms with E-state index in [1.54, 1.807) is 0 Å². The van der Waals surface area contributed by atoms with Crippen molar-refractivity contribution in [2.24, 2.45) is 0 Å². The first kappa shape index (κ1) is 10.7. The van der Waals surface area contributed by atoms with Gasteiger partial charge in [0.15, 0.2) is 6.61 Å². The minimum atomic E-state index is -0.350. The van der Waals surface area contributed by atoms with Gasteiger partial charge in [-0.1, -0.05) is 23.6 Å². The Hall–Kier alpha value is -1.79. The average Bonchev–Trinajstić information content (AvgIpc) is 2.68. The molecule has 0 spiro atoms. The second kappa shape index (κ2) is 4.38. The van der Waals surface area contributed by atoms with Gasteiger partial charge in [0, 0.05) is 4.70 Å². The summed E-state index contributed by atoms with van der Waals surface area (Å²) < 4.78 is 5.95. The lowest BCUT2D eigenvalue weighted by Gasteiger charge is -1.95. The molecule has 16 heavy (non-hydrogen) atoms. The van der Waals surface area contributed by atoms with Gasteiger partial charge in [-0.25, -0.2) is 4.79 Å². The summed E-state index contributed by atoms with van der Waals surface area (Å²) in [5, 5.41) is 1.07. The molecule has 1 aromatic carbocycles. The van der Waals surface area contributed by atoms with Crippen LogP contribution < -0.4 is 0 Å². The fourth-order valence-corrected chi connectivity index (χ4v) is 2.38. The van der Waals surface area contributed by atoms with Gasteiger partial charge in [-0.3, -0.25) is 0 Å². The maximum atomic E-state index is 11.6. The van der Waals surface area contributed by atoms with E-state index in [2.05, 4.69) is 5.92 Å². The lowest BCUT2D eigenvalue weighted by molar-refractivity contribution is 0.0562. The molecule has 1 heterocycles. The van der Waals surface area contributed by atoms with Gasteiger partial charge in [-0.15, -0.1) is 17.8 Å². The predicted octanol–water partition coefficient (Wildman–Crippen LogP) is 3.00. The molecule has 0 saturated heterocycles. The molecule has 0 aliphatic rings. The minimum Gasteiger partial charge on any atom is -0.448 e. The number of thiophene rings is 1. The van der Waals surface area contributed by atoms with Gasteiger partial charge < -0.3 is 4.74 Å². The number of carbonyl (C=O) groups excluding carboxylic acids is 1. The number of terminal acetylenes is 1. The molecule has 0 atom stereocenters. The summed E-state index contributed by atoms with van der Waals surface area (Å²) in [6, 6.07) is 7.92. The number of fused-ring (bicyclic) bond motifs is 1. The SMILES string of the molecule is C#CCOC(=O)c1cc2cc(C)ccc2s1. The summed E-state index contributed by atoms with van der Waals surface area (Å²) in [5.41, 5.74) is 1.17. The highest BCUT2D eigenvalue weighted by atomic mass is 32.1. The molecule has 2 rings (SSSR count). The number of esters is 1.